The van der Waals surface area contributed by atoms with Crippen LogP contribution in [-0.4, -0.2) is 40.1 Å². The van der Waals surface area contributed by atoms with Crippen LogP contribution in [0.4, 0.5) is 5.69 Å². The topological polar surface area (TPSA) is 61.0 Å². The fourth-order valence-corrected chi connectivity index (χ4v) is 5.12. The lowest BCUT2D eigenvalue weighted by atomic mass is 9.87. The molecule has 2 atom stereocenters. The Balaban J connectivity index is 1.41. The van der Waals surface area contributed by atoms with E-state index in [9.17, 15) is 4.79 Å². The van der Waals surface area contributed by atoms with Gasteiger partial charge in [-0.05, 0) is 68.4 Å². The number of amides is 1. The number of benzene rings is 1. The minimum atomic E-state index is -0.0522. The summed E-state index contributed by atoms with van der Waals surface area (Å²) in [5.41, 5.74) is 3.04. The van der Waals surface area contributed by atoms with Crippen molar-refractivity contribution in [1.82, 2.24) is 15.1 Å². The van der Waals surface area contributed by atoms with Crippen molar-refractivity contribution in [3.8, 4) is 0 Å². The van der Waals surface area contributed by atoms with Crippen molar-refractivity contribution in [3.05, 3.63) is 46.3 Å². The molecule has 2 fully saturated rings. The molecule has 3 aromatic rings. The molecule has 0 spiro atoms. The smallest absolute Gasteiger partial charge is 0.265 e. The Hall–Kier alpha value is -2.18. The third-order valence-corrected chi connectivity index (χ3v) is 6.67. The van der Waals surface area contributed by atoms with E-state index in [0.29, 0.717) is 5.92 Å². The second kappa shape index (κ2) is 6.52. The van der Waals surface area contributed by atoms with Crippen LogP contribution in [0.15, 0.2) is 35.7 Å². The number of piperidine rings is 1. The van der Waals surface area contributed by atoms with E-state index < -0.39 is 0 Å². The van der Waals surface area contributed by atoms with Crippen LogP contribution in [0.2, 0.25) is 0 Å². The molecule has 6 heteroatoms. The molecule has 2 aliphatic rings. The van der Waals surface area contributed by atoms with E-state index in [-0.39, 0.29) is 5.91 Å². The molecule has 1 aromatic carbocycles. The quantitative estimate of drug-likeness (QED) is 0.730. The highest BCUT2D eigenvalue weighted by Gasteiger charge is 2.33. The first kappa shape index (κ1) is 16.0. The zero-order chi connectivity index (χ0) is 17.5. The lowest BCUT2D eigenvalue weighted by molar-refractivity contribution is 0.103. The van der Waals surface area contributed by atoms with Crippen LogP contribution in [0, 0.1) is 0 Å². The van der Waals surface area contributed by atoms with E-state index in [2.05, 4.69) is 26.5 Å². The minimum absolute atomic E-state index is 0.0522. The Morgan fingerprint density at radius 3 is 3.12 bits per heavy atom. The standard InChI is InChI=1S/C20H22N4OS/c25-20(18-4-2-10-26-18)21-14-5-6-17-16(12-14)19(23-22-17)13-7-9-24-8-1-3-15(24)11-13/h2,4-6,10,12-13,15H,1,3,7-9,11H2,(H,21,25)(H,22,23). The number of carbonyl (C=O) groups is 1. The van der Waals surface area contributed by atoms with E-state index in [1.54, 1.807) is 0 Å². The molecular weight excluding hydrogens is 344 g/mol. The van der Waals surface area contributed by atoms with Crippen molar-refractivity contribution in [3.63, 3.8) is 0 Å². The van der Waals surface area contributed by atoms with Crippen LogP contribution in [0.3, 0.4) is 0 Å². The summed E-state index contributed by atoms with van der Waals surface area (Å²) in [6.45, 7) is 2.44. The first-order valence-electron chi connectivity index (χ1n) is 9.35. The van der Waals surface area contributed by atoms with Gasteiger partial charge in [-0.15, -0.1) is 11.3 Å². The van der Waals surface area contributed by atoms with Gasteiger partial charge in [0.1, 0.15) is 0 Å². The number of carbonyl (C=O) groups excluding carboxylic acids is 1. The molecule has 26 heavy (non-hydrogen) atoms. The Bertz CT molecular complexity index is 933. The first-order chi connectivity index (χ1) is 12.8. The largest absolute Gasteiger partial charge is 0.321 e. The highest BCUT2D eigenvalue weighted by Crippen LogP contribution is 2.38. The highest BCUT2D eigenvalue weighted by molar-refractivity contribution is 7.12. The summed E-state index contributed by atoms with van der Waals surface area (Å²) in [6.07, 6.45) is 5.02. The minimum Gasteiger partial charge on any atom is -0.321 e. The maximum Gasteiger partial charge on any atom is 0.265 e. The molecule has 2 aromatic heterocycles. The average molecular weight is 366 g/mol. The number of hydrogen-bond acceptors (Lipinski definition) is 4. The number of H-pyrrole nitrogens is 1. The SMILES string of the molecule is O=C(Nc1ccc2[nH]nc(C3CCN4CCCC4C3)c2c1)c1cccs1. The fourth-order valence-electron chi connectivity index (χ4n) is 4.50. The molecule has 5 nitrogen and oxygen atoms in total. The average Bonchev–Trinajstić information content (AvgIpc) is 3.40. The third-order valence-electron chi connectivity index (χ3n) is 5.80. The predicted molar refractivity (Wildman–Crippen MR) is 105 cm³/mol. The summed E-state index contributed by atoms with van der Waals surface area (Å²) in [4.78, 5) is 15.7. The van der Waals surface area contributed by atoms with Gasteiger partial charge in [0.15, 0.2) is 0 Å². The van der Waals surface area contributed by atoms with Gasteiger partial charge in [0.25, 0.3) is 5.91 Å². The van der Waals surface area contributed by atoms with Crippen molar-refractivity contribution in [1.29, 1.82) is 0 Å². The molecule has 2 N–H and O–H groups in total. The van der Waals surface area contributed by atoms with Gasteiger partial charge >= 0.3 is 0 Å². The monoisotopic (exact) mass is 366 g/mol. The van der Waals surface area contributed by atoms with Gasteiger partial charge in [-0.25, -0.2) is 0 Å². The summed E-state index contributed by atoms with van der Waals surface area (Å²) in [5, 5.41) is 13.9. The van der Waals surface area contributed by atoms with Crippen molar-refractivity contribution in [2.45, 2.75) is 37.6 Å². The van der Waals surface area contributed by atoms with Crippen molar-refractivity contribution in [2.75, 3.05) is 18.4 Å². The number of aromatic amines is 1. The second-order valence-electron chi connectivity index (χ2n) is 7.35. The predicted octanol–water partition coefficient (Wildman–Crippen LogP) is 4.22. The van der Waals surface area contributed by atoms with Crippen molar-refractivity contribution in [2.24, 2.45) is 0 Å². The zero-order valence-electron chi connectivity index (χ0n) is 14.6. The highest BCUT2D eigenvalue weighted by atomic mass is 32.1. The van der Waals surface area contributed by atoms with E-state index in [0.717, 1.165) is 27.5 Å². The number of hydrogen-bond donors (Lipinski definition) is 2. The van der Waals surface area contributed by atoms with Gasteiger partial charge in [0.05, 0.1) is 16.1 Å². The number of thiophene rings is 1. The molecule has 134 valence electrons. The molecule has 1 amide bonds. The Kier molecular flexibility index (Phi) is 4.02. The van der Waals surface area contributed by atoms with E-state index in [4.69, 9.17) is 0 Å². The van der Waals surface area contributed by atoms with Gasteiger partial charge in [0, 0.05) is 23.0 Å². The van der Waals surface area contributed by atoms with Gasteiger partial charge in [-0.3, -0.25) is 9.89 Å². The number of anilines is 1. The van der Waals surface area contributed by atoms with Crippen LogP contribution in [0.5, 0.6) is 0 Å². The van der Waals surface area contributed by atoms with Crippen LogP contribution in [0.1, 0.15) is 47.0 Å². The lowest BCUT2D eigenvalue weighted by Gasteiger charge is -2.34. The van der Waals surface area contributed by atoms with Gasteiger partial charge in [-0.2, -0.15) is 5.10 Å². The molecule has 0 bridgehead atoms. The van der Waals surface area contributed by atoms with Crippen LogP contribution >= 0.6 is 11.3 Å². The maximum atomic E-state index is 12.3. The third kappa shape index (κ3) is 2.83. The summed E-state index contributed by atoms with van der Waals surface area (Å²) in [5.74, 6) is 0.454. The molecule has 0 aliphatic carbocycles. The van der Waals surface area contributed by atoms with E-state index >= 15 is 0 Å². The second-order valence-corrected chi connectivity index (χ2v) is 8.30. The fraction of sp³-hybridized carbons (Fsp3) is 0.400. The molecule has 4 heterocycles. The summed E-state index contributed by atoms with van der Waals surface area (Å²) >= 11 is 1.46. The van der Waals surface area contributed by atoms with Crippen LogP contribution in [0.25, 0.3) is 10.9 Å². The molecule has 5 rings (SSSR count). The zero-order valence-corrected chi connectivity index (χ0v) is 15.4. The summed E-state index contributed by atoms with van der Waals surface area (Å²) < 4.78 is 0. The van der Waals surface area contributed by atoms with E-state index in [1.165, 1.54) is 55.8 Å². The Morgan fingerprint density at radius 1 is 1.27 bits per heavy atom. The number of nitrogens with zero attached hydrogens (tertiary/aromatic N) is 2. The van der Waals surface area contributed by atoms with Gasteiger partial charge in [0.2, 0.25) is 0 Å². The molecule has 0 radical (unpaired) electrons. The molecular formula is C20H22N4OS. The van der Waals surface area contributed by atoms with Crippen LogP contribution in [-0.2, 0) is 0 Å². The first-order valence-corrected chi connectivity index (χ1v) is 10.2. The van der Waals surface area contributed by atoms with Crippen LogP contribution < -0.4 is 5.32 Å². The number of rotatable bonds is 3. The number of fused-ring (bicyclic) bond motifs is 2. The summed E-state index contributed by atoms with van der Waals surface area (Å²) in [7, 11) is 0. The Morgan fingerprint density at radius 2 is 2.23 bits per heavy atom. The number of aromatic nitrogens is 2. The maximum absolute atomic E-state index is 12.3. The van der Waals surface area contributed by atoms with E-state index in [1.807, 2.05) is 29.6 Å². The van der Waals surface area contributed by atoms with Gasteiger partial charge in [-0.1, -0.05) is 6.07 Å². The lowest BCUT2D eigenvalue weighted by Crippen LogP contribution is -2.37. The number of nitrogens with one attached hydrogen (secondary N) is 2. The molecule has 0 saturated carbocycles. The molecule has 2 saturated heterocycles. The van der Waals surface area contributed by atoms with Crippen molar-refractivity contribution >= 4 is 33.8 Å². The van der Waals surface area contributed by atoms with Crippen molar-refractivity contribution < 1.29 is 4.79 Å². The van der Waals surface area contributed by atoms with Gasteiger partial charge < -0.3 is 10.2 Å². The Labute approximate surface area is 156 Å². The normalized spacial score (nSPS) is 23.2. The molecule has 2 aliphatic heterocycles. The summed E-state index contributed by atoms with van der Waals surface area (Å²) in [6, 6.07) is 10.5. The molecule has 2 unspecified atom stereocenters.